The van der Waals surface area contributed by atoms with Crippen LogP contribution in [0.3, 0.4) is 0 Å². The lowest BCUT2D eigenvalue weighted by molar-refractivity contribution is 1.49. The zero-order valence-corrected chi connectivity index (χ0v) is 7.11. The molecule has 0 spiro atoms. The fourth-order valence-electron chi connectivity index (χ4n) is 0.496. The maximum Gasteiger partial charge on any atom is 0.0599 e. The lowest BCUT2D eigenvalue weighted by Gasteiger charge is -1.97. The SMILES string of the molecule is BrCC1SCCS1.C. The Hall–Kier alpha value is 1.18. The van der Waals surface area contributed by atoms with Crippen LogP contribution < -0.4 is 0 Å². The third-order valence-electron chi connectivity index (χ3n) is 0.817. The Kier molecular flexibility index (Phi) is 5.74. The summed E-state index contributed by atoms with van der Waals surface area (Å²) >= 11 is 7.55. The second kappa shape index (κ2) is 5.00. The molecule has 1 heterocycles. The topological polar surface area (TPSA) is 0 Å². The number of halogens is 1. The Labute approximate surface area is 68.3 Å². The van der Waals surface area contributed by atoms with Crippen LogP contribution in [0, 0.1) is 0 Å². The summed E-state index contributed by atoms with van der Waals surface area (Å²) < 4.78 is 0.847. The molecule has 1 rings (SSSR count). The van der Waals surface area contributed by atoms with Crippen LogP contribution in [-0.2, 0) is 0 Å². The average molecular weight is 215 g/mol. The van der Waals surface area contributed by atoms with Crippen molar-refractivity contribution in [2.45, 2.75) is 12.0 Å². The van der Waals surface area contributed by atoms with E-state index in [1.165, 1.54) is 11.5 Å². The van der Waals surface area contributed by atoms with E-state index in [2.05, 4.69) is 39.5 Å². The summed E-state index contributed by atoms with van der Waals surface area (Å²) in [7, 11) is 0. The van der Waals surface area contributed by atoms with Gasteiger partial charge in [0.05, 0.1) is 4.58 Å². The molecular weight excluding hydrogens is 204 g/mol. The second-order valence-corrected chi connectivity index (χ2v) is 4.89. The van der Waals surface area contributed by atoms with E-state index in [0.29, 0.717) is 0 Å². The third-order valence-corrected chi connectivity index (χ3v) is 5.35. The van der Waals surface area contributed by atoms with Crippen molar-refractivity contribution in [1.82, 2.24) is 0 Å². The van der Waals surface area contributed by atoms with Crippen molar-refractivity contribution in [2.75, 3.05) is 16.8 Å². The lowest BCUT2D eigenvalue weighted by atomic mass is 11.0. The molecule has 0 aromatic heterocycles. The van der Waals surface area contributed by atoms with E-state index in [1.807, 2.05) is 0 Å². The summed E-state index contributed by atoms with van der Waals surface area (Å²) in [6.07, 6.45) is 0. The molecule has 0 aromatic rings. The number of alkyl halides is 1. The van der Waals surface area contributed by atoms with Gasteiger partial charge in [-0.3, -0.25) is 0 Å². The molecule has 1 fully saturated rings. The Morgan fingerprint density at radius 3 is 2.12 bits per heavy atom. The van der Waals surface area contributed by atoms with Gasteiger partial charge in [0.1, 0.15) is 0 Å². The highest BCUT2D eigenvalue weighted by molar-refractivity contribution is 9.09. The maximum atomic E-state index is 3.43. The highest BCUT2D eigenvalue weighted by atomic mass is 79.9. The summed E-state index contributed by atoms with van der Waals surface area (Å²) in [5, 5.41) is 1.16. The third kappa shape index (κ3) is 2.65. The van der Waals surface area contributed by atoms with Gasteiger partial charge in [-0.15, -0.1) is 23.5 Å². The maximum absolute atomic E-state index is 3.43. The predicted molar refractivity (Wildman–Crippen MR) is 49.2 cm³/mol. The predicted octanol–water partition coefficient (Wildman–Crippen LogP) is 2.82. The van der Waals surface area contributed by atoms with Crippen LogP contribution in [0.5, 0.6) is 0 Å². The molecule has 50 valence electrons. The van der Waals surface area contributed by atoms with Gasteiger partial charge in [0.2, 0.25) is 0 Å². The van der Waals surface area contributed by atoms with Crippen LogP contribution in [-0.4, -0.2) is 21.4 Å². The zero-order chi connectivity index (χ0) is 5.11. The Morgan fingerprint density at radius 2 is 1.88 bits per heavy atom. The van der Waals surface area contributed by atoms with E-state index in [9.17, 15) is 0 Å². The number of hydrogen-bond donors (Lipinski definition) is 0. The van der Waals surface area contributed by atoms with E-state index in [1.54, 1.807) is 0 Å². The summed E-state index contributed by atoms with van der Waals surface area (Å²) in [6.45, 7) is 0. The van der Waals surface area contributed by atoms with Gasteiger partial charge < -0.3 is 0 Å². The summed E-state index contributed by atoms with van der Waals surface area (Å²) in [5.41, 5.74) is 0. The number of rotatable bonds is 1. The van der Waals surface area contributed by atoms with E-state index >= 15 is 0 Å². The van der Waals surface area contributed by atoms with Crippen LogP contribution in [0.4, 0.5) is 0 Å². The van der Waals surface area contributed by atoms with Gasteiger partial charge in [0.25, 0.3) is 0 Å². The molecule has 8 heavy (non-hydrogen) atoms. The molecule has 1 saturated heterocycles. The van der Waals surface area contributed by atoms with E-state index in [4.69, 9.17) is 0 Å². The monoisotopic (exact) mass is 214 g/mol. The molecule has 0 bridgehead atoms. The average Bonchev–Trinajstić information content (AvgIpc) is 2.14. The minimum atomic E-state index is 0. The van der Waals surface area contributed by atoms with E-state index in [-0.39, 0.29) is 7.43 Å². The Balaban J connectivity index is 0.000000490. The van der Waals surface area contributed by atoms with Crippen LogP contribution >= 0.6 is 39.5 Å². The zero-order valence-electron chi connectivity index (χ0n) is 3.89. The van der Waals surface area contributed by atoms with Crippen molar-refractivity contribution in [3.63, 3.8) is 0 Å². The minimum absolute atomic E-state index is 0. The molecule has 0 radical (unpaired) electrons. The van der Waals surface area contributed by atoms with Crippen molar-refractivity contribution in [3.05, 3.63) is 0 Å². The molecule has 0 atom stereocenters. The molecule has 0 aliphatic carbocycles. The van der Waals surface area contributed by atoms with Gasteiger partial charge in [-0.1, -0.05) is 23.4 Å². The molecule has 0 nitrogen and oxygen atoms in total. The quantitative estimate of drug-likeness (QED) is 0.617. The van der Waals surface area contributed by atoms with E-state index < -0.39 is 0 Å². The molecule has 0 saturated carbocycles. The Bertz CT molecular complexity index is 52.4. The van der Waals surface area contributed by atoms with Crippen molar-refractivity contribution < 1.29 is 0 Å². The fraction of sp³-hybridized carbons (Fsp3) is 1.00. The van der Waals surface area contributed by atoms with Crippen LogP contribution in [0.2, 0.25) is 0 Å². The summed E-state index contributed by atoms with van der Waals surface area (Å²) in [4.78, 5) is 0. The van der Waals surface area contributed by atoms with Gasteiger partial charge in [0.15, 0.2) is 0 Å². The highest BCUT2D eigenvalue weighted by Gasteiger charge is 2.13. The molecule has 3 heteroatoms. The first-order chi connectivity index (χ1) is 3.43. The van der Waals surface area contributed by atoms with Crippen LogP contribution in [0.15, 0.2) is 0 Å². The fourth-order valence-corrected chi connectivity index (χ4v) is 4.05. The molecule has 1 aliphatic rings. The molecule has 1 aliphatic heterocycles. The van der Waals surface area contributed by atoms with E-state index in [0.717, 1.165) is 9.91 Å². The van der Waals surface area contributed by atoms with Crippen molar-refractivity contribution in [1.29, 1.82) is 0 Å². The van der Waals surface area contributed by atoms with Crippen molar-refractivity contribution in [3.8, 4) is 0 Å². The molecular formula is C5H11BrS2. The molecule has 0 N–H and O–H groups in total. The van der Waals surface area contributed by atoms with Gasteiger partial charge >= 0.3 is 0 Å². The number of thioether (sulfide) groups is 2. The van der Waals surface area contributed by atoms with Gasteiger partial charge in [-0.05, 0) is 0 Å². The smallest absolute Gasteiger partial charge is 0.0599 e. The second-order valence-electron chi connectivity index (χ2n) is 1.33. The standard InChI is InChI=1S/C4H7BrS2.CH4/c5-3-4-6-1-2-7-4;/h4H,1-3H2;1H4. The summed E-state index contributed by atoms with van der Waals surface area (Å²) in [5.74, 6) is 2.70. The highest BCUT2D eigenvalue weighted by Crippen LogP contribution is 2.32. The Morgan fingerprint density at radius 1 is 1.38 bits per heavy atom. The molecule has 0 aromatic carbocycles. The first-order valence-electron chi connectivity index (χ1n) is 2.22. The van der Waals surface area contributed by atoms with Crippen molar-refractivity contribution >= 4 is 39.5 Å². The molecule has 0 unspecified atom stereocenters. The summed E-state index contributed by atoms with van der Waals surface area (Å²) in [6, 6.07) is 0. The number of hydrogen-bond acceptors (Lipinski definition) is 2. The lowest BCUT2D eigenvalue weighted by Crippen LogP contribution is -1.89. The van der Waals surface area contributed by atoms with Gasteiger partial charge in [-0.2, -0.15) is 0 Å². The minimum Gasteiger partial charge on any atom is -0.146 e. The first-order valence-corrected chi connectivity index (χ1v) is 5.44. The molecule has 0 amide bonds. The van der Waals surface area contributed by atoms with Crippen molar-refractivity contribution in [2.24, 2.45) is 0 Å². The van der Waals surface area contributed by atoms with Gasteiger partial charge in [0, 0.05) is 16.8 Å². The normalized spacial score (nSPS) is 20.6. The van der Waals surface area contributed by atoms with Crippen LogP contribution in [0.1, 0.15) is 7.43 Å². The van der Waals surface area contributed by atoms with Gasteiger partial charge in [-0.25, -0.2) is 0 Å². The first kappa shape index (κ1) is 9.18. The largest absolute Gasteiger partial charge is 0.146 e. The van der Waals surface area contributed by atoms with Crippen LogP contribution in [0.25, 0.3) is 0 Å².